The monoisotopic (exact) mass is 279 g/mol. The molecule has 0 aliphatic rings. The number of benzene rings is 1. The molecule has 0 bridgehead atoms. The standard InChI is InChI=1S/C12H13N3O3S/c13-8-19-10-4-2-9(3-5-10)15-12(18)11(17)14-6-1-7-16/h2-5,16H,1,6-7H2,(H,14,17)(H,15,18). The molecule has 7 heteroatoms. The number of carbonyl (C=O) groups excluding carboxylic acids is 2. The van der Waals surface area contributed by atoms with Crippen LogP contribution in [0.15, 0.2) is 29.2 Å². The topological polar surface area (TPSA) is 102 Å². The first-order valence-electron chi connectivity index (χ1n) is 5.53. The summed E-state index contributed by atoms with van der Waals surface area (Å²) in [5, 5.41) is 23.8. The fraction of sp³-hybridized carbons (Fsp3) is 0.250. The Hall–Kier alpha value is -2.04. The number of nitrogens with one attached hydrogen (secondary N) is 2. The van der Waals surface area contributed by atoms with Gasteiger partial charge in [-0.1, -0.05) is 0 Å². The van der Waals surface area contributed by atoms with Crippen molar-refractivity contribution in [2.24, 2.45) is 0 Å². The summed E-state index contributed by atoms with van der Waals surface area (Å²) in [4.78, 5) is 23.6. The summed E-state index contributed by atoms with van der Waals surface area (Å²) in [6, 6.07) is 6.57. The van der Waals surface area contributed by atoms with Crippen LogP contribution in [0.5, 0.6) is 0 Å². The Balaban J connectivity index is 2.47. The molecule has 0 saturated carbocycles. The molecule has 2 amide bonds. The van der Waals surface area contributed by atoms with Crippen LogP contribution in [-0.4, -0.2) is 30.1 Å². The first-order chi connectivity index (χ1) is 9.17. The van der Waals surface area contributed by atoms with Gasteiger partial charge in [0.15, 0.2) is 0 Å². The first kappa shape index (κ1) is 15.0. The lowest BCUT2D eigenvalue weighted by Crippen LogP contribution is -2.36. The molecule has 0 aliphatic carbocycles. The van der Waals surface area contributed by atoms with E-state index in [2.05, 4.69) is 10.6 Å². The molecule has 0 fully saturated rings. The van der Waals surface area contributed by atoms with E-state index in [1.165, 1.54) is 0 Å². The maximum absolute atomic E-state index is 11.5. The van der Waals surface area contributed by atoms with Crippen molar-refractivity contribution in [3.05, 3.63) is 24.3 Å². The summed E-state index contributed by atoms with van der Waals surface area (Å²) in [5.74, 6) is -1.51. The lowest BCUT2D eigenvalue weighted by Gasteiger charge is -2.06. The van der Waals surface area contributed by atoms with E-state index in [1.54, 1.807) is 24.3 Å². The summed E-state index contributed by atoms with van der Waals surface area (Å²) in [5.41, 5.74) is 0.476. The fourth-order valence-corrected chi connectivity index (χ4v) is 1.59. The third kappa shape index (κ3) is 5.42. The average Bonchev–Trinajstić information content (AvgIpc) is 2.41. The number of aliphatic hydroxyl groups excluding tert-OH is 1. The smallest absolute Gasteiger partial charge is 0.313 e. The highest BCUT2D eigenvalue weighted by Gasteiger charge is 2.12. The molecule has 100 valence electrons. The largest absolute Gasteiger partial charge is 0.396 e. The number of rotatable bonds is 5. The zero-order valence-corrected chi connectivity index (χ0v) is 10.9. The number of nitriles is 1. The Morgan fingerprint density at radius 1 is 1.26 bits per heavy atom. The normalized spacial score (nSPS) is 9.47. The maximum Gasteiger partial charge on any atom is 0.313 e. The number of carbonyl (C=O) groups is 2. The van der Waals surface area contributed by atoms with E-state index in [9.17, 15) is 9.59 Å². The quantitative estimate of drug-likeness (QED) is 0.318. The maximum atomic E-state index is 11.5. The van der Waals surface area contributed by atoms with Crippen molar-refractivity contribution < 1.29 is 14.7 Å². The molecule has 6 nitrogen and oxygen atoms in total. The Bertz CT molecular complexity index is 482. The molecular weight excluding hydrogens is 266 g/mol. The zero-order valence-electron chi connectivity index (χ0n) is 10.0. The highest BCUT2D eigenvalue weighted by Crippen LogP contribution is 2.18. The van der Waals surface area contributed by atoms with Crippen molar-refractivity contribution in [1.82, 2.24) is 5.32 Å². The zero-order chi connectivity index (χ0) is 14.1. The van der Waals surface area contributed by atoms with Gasteiger partial charge >= 0.3 is 11.8 Å². The van der Waals surface area contributed by atoms with Gasteiger partial charge in [-0.15, -0.1) is 0 Å². The number of amides is 2. The van der Waals surface area contributed by atoms with E-state index in [-0.39, 0.29) is 13.2 Å². The van der Waals surface area contributed by atoms with Crippen LogP contribution in [0.3, 0.4) is 0 Å². The van der Waals surface area contributed by atoms with Gasteiger partial charge in [-0.25, -0.2) is 0 Å². The molecule has 1 aromatic carbocycles. The number of hydrogen-bond donors (Lipinski definition) is 3. The summed E-state index contributed by atoms with van der Waals surface area (Å²) >= 11 is 1.01. The molecule has 0 atom stereocenters. The predicted octanol–water partition coefficient (Wildman–Crippen LogP) is 0.697. The van der Waals surface area contributed by atoms with Gasteiger partial charge in [0.1, 0.15) is 5.40 Å². The lowest BCUT2D eigenvalue weighted by atomic mass is 10.3. The Kier molecular flexibility index (Phi) is 6.43. The molecule has 0 radical (unpaired) electrons. The van der Waals surface area contributed by atoms with Crippen molar-refractivity contribution in [1.29, 1.82) is 5.26 Å². The van der Waals surface area contributed by atoms with E-state index in [0.29, 0.717) is 12.1 Å². The number of nitrogens with zero attached hydrogens (tertiary/aromatic N) is 1. The van der Waals surface area contributed by atoms with Gasteiger partial charge in [0, 0.05) is 23.7 Å². The SMILES string of the molecule is N#CSc1ccc(NC(=O)C(=O)NCCCO)cc1. The highest BCUT2D eigenvalue weighted by molar-refractivity contribution is 8.03. The van der Waals surface area contributed by atoms with Crippen LogP contribution < -0.4 is 10.6 Å². The molecule has 3 N–H and O–H groups in total. The molecular formula is C12H13N3O3S. The van der Waals surface area contributed by atoms with Gasteiger partial charge in [-0.3, -0.25) is 9.59 Å². The van der Waals surface area contributed by atoms with E-state index < -0.39 is 11.8 Å². The van der Waals surface area contributed by atoms with Gasteiger partial charge in [0.2, 0.25) is 0 Å². The molecule has 19 heavy (non-hydrogen) atoms. The number of hydrogen-bond acceptors (Lipinski definition) is 5. The van der Waals surface area contributed by atoms with Crippen molar-refractivity contribution >= 4 is 29.3 Å². The van der Waals surface area contributed by atoms with Crippen LogP contribution in [0.25, 0.3) is 0 Å². The summed E-state index contributed by atoms with van der Waals surface area (Å²) in [7, 11) is 0. The molecule has 1 aromatic rings. The third-order valence-corrected chi connectivity index (χ3v) is 2.70. The number of anilines is 1. The van der Waals surface area contributed by atoms with Gasteiger partial charge in [0.25, 0.3) is 0 Å². The van der Waals surface area contributed by atoms with Gasteiger partial charge < -0.3 is 15.7 Å². The second-order valence-corrected chi connectivity index (χ2v) is 4.36. The van der Waals surface area contributed by atoms with Crippen LogP contribution in [0.1, 0.15) is 6.42 Å². The predicted molar refractivity (Wildman–Crippen MR) is 71.3 cm³/mol. The summed E-state index contributed by atoms with van der Waals surface area (Å²) in [6.45, 7) is 0.209. The minimum atomic E-state index is -0.765. The second kappa shape index (κ2) is 8.13. The van der Waals surface area contributed by atoms with E-state index >= 15 is 0 Å². The van der Waals surface area contributed by atoms with Gasteiger partial charge in [0.05, 0.1) is 0 Å². The molecule has 0 saturated heterocycles. The van der Waals surface area contributed by atoms with E-state index in [4.69, 9.17) is 10.4 Å². The van der Waals surface area contributed by atoms with E-state index in [0.717, 1.165) is 16.7 Å². The Morgan fingerprint density at radius 3 is 2.53 bits per heavy atom. The summed E-state index contributed by atoms with van der Waals surface area (Å²) < 4.78 is 0. The van der Waals surface area contributed by atoms with Crippen molar-refractivity contribution in [3.63, 3.8) is 0 Å². The number of thioether (sulfide) groups is 1. The molecule has 1 rings (SSSR count). The van der Waals surface area contributed by atoms with Gasteiger partial charge in [-0.2, -0.15) is 5.26 Å². The molecule has 0 unspecified atom stereocenters. The van der Waals surface area contributed by atoms with Crippen molar-refractivity contribution in [2.75, 3.05) is 18.5 Å². The minimum absolute atomic E-state index is 0.0417. The number of thiocyanates is 1. The van der Waals surface area contributed by atoms with Crippen molar-refractivity contribution in [3.8, 4) is 5.40 Å². The number of aliphatic hydroxyl groups is 1. The van der Waals surface area contributed by atoms with Crippen LogP contribution in [-0.2, 0) is 9.59 Å². The first-order valence-corrected chi connectivity index (χ1v) is 6.35. The Labute approximate surface area is 114 Å². The molecule has 0 heterocycles. The fourth-order valence-electron chi connectivity index (χ4n) is 1.21. The van der Waals surface area contributed by atoms with Crippen LogP contribution in [0.2, 0.25) is 0 Å². The minimum Gasteiger partial charge on any atom is -0.396 e. The second-order valence-electron chi connectivity index (χ2n) is 3.50. The van der Waals surface area contributed by atoms with Crippen LogP contribution in [0, 0.1) is 10.7 Å². The van der Waals surface area contributed by atoms with Crippen LogP contribution in [0.4, 0.5) is 5.69 Å². The van der Waals surface area contributed by atoms with Crippen molar-refractivity contribution in [2.45, 2.75) is 11.3 Å². The van der Waals surface area contributed by atoms with Gasteiger partial charge in [-0.05, 0) is 42.4 Å². The molecule has 0 aromatic heterocycles. The third-order valence-electron chi connectivity index (χ3n) is 2.10. The molecule has 0 aliphatic heterocycles. The average molecular weight is 279 g/mol. The molecule has 0 spiro atoms. The Morgan fingerprint density at radius 2 is 1.95 bits per heavy atom. The summed E-state index contributed by atoms with van der Waals surface area (Å²) in [6.07, 6.45) is 0.402. The lowest BCUT2D eigenvalue weighted by molar-refractivity contribution is -0.136. The van der Waals surface area contributed by atoms with Crippen LogP contribution >= 0.6 is 11.8 Å². The van der Waals surface area contributed by atoms with E-state index in [1.807, 2.05) is 5.40 Å². The highest BCUT2D eigenvalue weighted by atomic mass is 32.2.